The summed E-state index contributed by atoms with van der Waals surface area (Å²) in [6.45, 7) is 2.85. The third-order valence-corrected chi connectivity index (χ3v) is 4.38. The Morgan fingerprint density at radius 1 is 1.10 bits per heavy atom. The largest absolute Gasteiger partial charge is 0.512 e. The molecule has 5 nitrogen and oxygen atoms in total. The minimum Gasteiger partial charge on any atom is -0.512 e. The number of furan rings is 1. The van der Waals surface area contributed by atoms with Crippen molar-refractivity contribution in [2.75, 3.05) is 0 Å². The van der Waals surface area contributed by atoms with Crippen molar-refractivity contribution in [1.29, 1.82) is 0 Å². The fraction of sp³-hybridized carbons (Fsp3) is 0.0833. The van der Waals surface area contributed by atoms with Crippen LogP contribution in [0.5, 0.6) is 0 Å². The topological polar surface area (TPSA) is 68.3 Å². The number of nitrogens with zero attached hydrogens (tertiary/aromatic N) is 2. The van der Waals surface area contributed by atoms with Gasteiger partial charge in [-0.05, 0) is 37.6 Å². The van der Waals surface area contributed by atoms with Gasteiger partial charge < -0.3 is 19.1 Å². The molecule has 3 heterocycles. The first kappa shape index (κ1) is 21.5. The molecule has 3 aromatic heterocycles. The molecular weight excluding hydrogens is 559 g/mol. The number of allylic oxidation sites excluding steroid dienone is 2. The van der Waals surface area contributed by atoms with Crippen molar-refractivity contribution in [3.05, 3.63) is 84.8 Å². The molecule has 154 valence electrons. The molecule has 6 heteroatoms. The van der Waals surface area contributed by atoms with E-state index in [0.717, 1.165) is 38.8 Å². The van der Waals surface area contributed by atoms with Crippen molar-refractivity contribution in [3.8, 4) is 5.88 Å². The summed E-state index contributed by atoms with van der Waals surface area (Å²) in [4.78, 5) is 14.5. The smallest absolute Gasteiger partial charge is 0.196 e. The maximum atomic E-state index is 10.0. The van der Waals surface area contributed by atoms with E-state index < -0.39 is 0 Å². The van der Waals surface area contributed by atoms with Crippen LogP contribution in [0.25, 0.3) is 38.8 Å². The number of para-hydroxylation sites is 1. The molecular formula is C24H19N2O3Pt-. The van der Waals surface area contributed by atoms with Crippen LogP contribution in [0.3, 0.4) is 0 Å². The molecule has 30 heavy (non-hydrogen) atoms. The zero-order chi connectivity index (χ0) is 20.4. The third kappa shape index (κ3) is 4.22. The number of carbonyl (C=O) groups excluding carboxylic acids is 1. The molecule has 0 spiro atoms. The minimum atomic E-state index is -0.125. The zero-order valence-electron chi connectivity index (χ0n) is 16.4. The van der Waals surface area contributed by atoms with Gasteiger partial charge in [-0.25, -0.2) is 0 Å². The molecule has 0 atom stereocenters. The molecule has 0 aliphatic rings. The minimum absolute atomic E-state index is 0. The van der Waals surface area contributed by atoms with E-state index in [2.05, 4.69) is 39.9 Å². The average Bonchev–Trinajstić information content (AvgIpc) is 3.26. The van der Waals surface area contributed by atoms with Crippen LogP contribution >= 0.6 is 0 Å². The van der Waals surface area contributed by atoms with Crippen molar-refractivity contribution in [2.24, 2.45) is 0 Å². The summed E-state index contributed by atoms with van der Waals surface area (Å²) in [5.74, 6) is 0.737. The van der Waals surface area contributed by atoms with E-state index in [-0.39, 0.29) is 32.6 Å². The quantitative estimate of drug-likeness (QED) is 0.164. The number of fused-ring (bicyclic) bond motifs is 4. The summed E-state index contributed by atoms with van der Waals surface area (Å²) >= 11 is 0. The van der Waals surface area contributed by atoms with E-state index in [4.69, 9.17) is 9.52 Å². The van der Waals surface area contributed by atoms with E-state index in [1.54, 1.807) is 0 Å². The monoisotopic (exact) mass is 578 g/mol. The normalized spacial score (nSPS) is 11.2. The SMILES string of the molecule is CC(=O)/C=C(/C)O.[Pt].[c-]1cccc2c1c1ncccc1n2-c1cc2ccccc2o1. The number of hydrogen-bond acceptors (Lipinski definition) is 4. The van der Waals surface area contributed by atoms with Crippen LogP contribution in [0, 0.1) is 6.07 Å². The summed E-state index contributed by atoms with van der Waals surface area (Å²) in [5, 5.41) is 10.5. The van der Waals surface area contributed by atoms with Crippen LogP contribution in [0.15, 0.2) is 83.1 Å². The van der Waals surface area contributed by atoms with E-state index in [1.165, 1.54) is 19.9 Å². The Labute approximate surface area is 187 Å². The maximum absolute atomic E-state index is 10.0. The Balaban J connectivity index is 0.000000281. The fourth-order valence-corrected chi connectivity index (χ4v) is 3.31. The maximum Gasteiger partial charge on any atom is 0.196 e. The van der Waals surface area contributed by atoms with Crippen LogP contribution < -0.4 is 0 Å². The van der Waals surface area contributed by atoms with Crippen molar-refractivity contribution in [3.63, 3.8) is 0 Å². The van der Waals surface area contributed by atoms with E-state index in [1.807, 2.05) is 42.6 Å². The van der Waals surface area contributed by atoms with Gasteiger partial charge in [-0.3, -0.25) is 4.79 Å². The van der Waals surface area contributed by atoms with Gasteiger partial charge in [0.05, 0.1) is 5.76 Å². The average molecular weight is 579 g/mol. The number of aliphatic hydroxyl groups is 1. The standard InChI is InChI=1S/C19H11N2O.C5H8O2.Pt/c1-4-10-17-13(6-1)12-18(22-17)21-15-8-3-2-7-14(15)19-16(21)9-5-11-20-19;1-4(6)3-5(2)7;/h1-6,8-12H;3,6H,1-2H3;/q-1;;/b;4-3-;. The molecule has 2 aromatic carbocycles. The van der Waals surface area contributed by atoms with Gasteiger partial charge in [0, 0.05) is 55.8 Å². The van der Waals surface area contributed by atoms with Gasteiger partial charge >= 0.3 is 0 Å². The molecule has 5 aromatic rings. The Hall–Kier alpha value is -3.17. The molecule has 0 bridgehead atoms. The fourth-order valence-electron chi connectivity index (χ4n) is 3.31. The summed E-state index contributed by atoms with van der Waals surface area (Å²) in [5.41, 5.74) is 3.91. The molecule has 0 radical (unpaired) electrons. The third-order valence-electron chi connectivity index (χ3n) is 4.38. The second-order valence-corrected chi connectivity index (χ2v) is 6.66. The molecule has 0 aliphatic heterocycles. The summed E-state index contributed by atoms with van der Waals surface area (Å²) in [6, 6.07) is 23.4. The Morgan fingerprint density at radius 3 is 2.57 bits per heavy atom. The second kappa shape index (κ2) is 9.10. The predicted octanol–water partition coefficient (Wildman–Crippen LogP) is 5.76. The second-order valence-electron chi connectivity index (χ2n) is 6.66. The van der Waals surface area contributed by atoms with Crippen molar-refractivity contribution in [1.82, 2.24) is 9.55 Å². The molecule has 0 amide bonds. The first-order valence-electron chi connectivity index (χ1n) is 9.17. The molecule has 5 rings (SSSR count). The Morgan fingerprint density at radius 2 is 1.87 bits per heavy atom. The number of ketones is 1. The molecule has 1 N–H and O–H groups in total. The zero-order valence-corrected chi connectivity index (χ0v) is 18.7. The number of rotatable bonds is 2. The predicted molar refractivity (Wildman–Crippen MR) is 114 cm³/mol. The number of aromatic nitrogens is 2. The first-order valence-corrected chi connectivity index (χ1v) is 9.17. The van der Waals surface area contributed by atoms with Crippen molar-refractivity contribution in [2.45, 2.75) is 13.8 Å². The number of hydrogen-bond donors (Lipinski definition) is 1. The number of benzene rings is 2. The van der Waals surface area contributed by atoms with Gasteiger partial charge in [0.1, 0.15) is 5.58 Å². The van der Waals surface area contributed by atoms with Crippen LogP contribution in [0.2, 0.25) is 0 Å². The number of pyridine rings is 1. The van der Waals surface area contributed by atoms with E-state index >= 15 is 0 Å². The van der Waals surface area contributed by atoms with Gasteiger partial charge in [0.2, 0.25) is 0 Å². The van der Waals surface area contributed by atoms with Gasteiger partial charge in [-0.2, -0.15) is 0 Å². The van der Waals surface area contributed by atoms with Gasteiger partial charge in [0.25, 0.3) is 0 Å². The van der Waals surface area contributed by atoms with Crippen molar-refractivity contribution < 1.29 is 35.4 Å². The molecule has 0 saturated carbocycles. The molecule has 0 aliphatic carbocycles. The first-order chi connectivity index (χ1) is 14.0. The van der Waals surface area contributed by atoms with Crippen LogP contribution in [0.1, 0.15) is 13.8 Å². The molecule has 0 unspecified atom stereocenters. The van der Waals surface area contributed by atoms with Crippen LogP contribution in [-0.4, -0.2) is 20.4 Å². The van der Waals surface area contributed by atoms with Crippen LogP contribution in [-0.2, 0) is 25.9 Å². The van der Waals surface area contributed by atoms with Gasteiger partial charge in [0.15, 0.2) is 11.7 Å². The number of carbonyl (C=O) groups is 1. The van der Waals surface area contributed by atoms with Crippen LogP contribution in [0.4, 0.5) is 0 Å². The summed E-state index contributed by atoms with van der Waals surface area (Å²) < 4.78 is 8.16. The summed E-state index contributed by atoms with van der Waals surface area (Å²) in [6.07, 6.45) is 2.98. The van der Waals surface area contributed by atoms with E-state index in [0.29, 0.717) is 0 Å². The Bertz CT molecular complexity index is 1270. The molecule has 0 fully saturated rings. The van der Waals surface area contributed by atoms with Gasteiger partial charge in [-0.15, -0.1) is 24.3 Å². The summed E-state index contributed by atoms with van der Waals surface area (Å²) in [7, 11) is 0. The van der Waals surface area contributed by atoms with Crippen molar-refractivity contribution >= 4 is 38.7 Å². The Kier molecular flexibility index (Phi) is 6.53. The molecule has 0 saturated heterocycles. The van der Waals surface area contributed by atoms with E-state index in [9.17, 15) is 4.79 Å². The number of aliphatic hydroxyl groups excluding tert-OH is 1. The van der Waals surface area contributed by atoms with Gasteiger partial charge in [-0.1, -0.05) is 23.6 Å².